The Hall–Kier alpha value is -0.890. The second-order valence-corrected chi connectivity index (χ2v) is 2.11. The van der Waals surface area contributed by atoms with Crippen LogP contribution < -0.4 is 0 Å². The van der Waals surface area contributed by atoms with E-state index in [4.69, 9.17) is 4.74 Å². The van der Waals surface area contributed by atoms with Gasteiger partial charge in [-0.25, -0.2) is 0 Å². The number of carbonyl (C=O) groups excluding carboxylic acids is 1. The van der Waals surface area contributed by atoms with E-state index in [1.807, 2.05) is 19.1 Å². The van der Waals surface area contributed by atoms with Crippen LogP contribution in [-0.4, -0.2) is 18.5 Å². The van der Waals surface area contributed by atoms with Gasteiger partial charge in [0.05, 0.1) is 6.61 Å². The van der Waals surface area contributed by atoms with Crippen molar-refractivity contribution in [2.75, 3.05) is 6.61 Å². The molecule has 0 radical (unpaired) electrons. The summed E-state index contributed by atoms with van der Waals surface area (Å²) in [5.74, 6) is 0.0677. The van der Waals surface area contributed by atoms with E-state index >= 15 is 0 Å². The molecule has 0 aromatic rings. The van der Waals surface area contributed by atoms with Gasteiger partial charge in [0.25, 0.3) is 0 Å². The van der Waals surface area contributed by atoms with E-state index in [-0.39, 0.29) is 11.9 Å². The minimum atomic E-state index is -0.137. The summed E-state index contributed by atoms with van der Waals surface area (Å²) >= 11 is 0. The van der Waals surface area contributed by atoms with Crippen molar-refractivity contribution in [3.8, 4) is 0 Å². The molecule has 1 saturated heterocycles. The van der Waals surface area contributed by atoms with Crippen molar-refractivity contribution in [2.45, 2.75) is 13.0 Å². The van der Waals surface area contributed by atoms with E-state index < -0.39 is 0 Å². The Kier molecular flexibility index (Phi) is 2.40. The standard InChI is InChI=1S/C8H10O2/c1-2-3-4-5-7(9)8-6-10-8/h2-5,8H,6H2,1H3/b3-2+,5-4+. The van der Waals surface area contributed by atoms with Crippen LogP contribution in [-0.2, 0) is 9.53 Å². The van der Waals surface area contributed by atoms with Crippen LogP contribution in [0.4, 0.5) is 0 Å². The summed E-state index contributed by atoms with van der Waals surface area (Å²) in [4.78, 5) is 10.8. The van der Waals surface area contributed by atoms with Crippen molar-refractivity contribution >= 4 is 5.78 Å². The predicted octanol–water partition coefficient (Wildman–Crippen LogP) is 1.09. The van der Waals surface area contributed by atoms with Gasteiger partial charge in [-0.3, -0.25) is 4.79 Å². The zero-order chi connectivity index (χ0) is 7.40. The highest BCUT2D eigenvalue weighted by atomic mass is 16.6. The van der Waals surface area contributed by atoms with Crippen LogP contribution in [0.3, 0.4) is 0 Å². The Morgan fingerprint density at radius 2 is 2.30 bits per heavy atom. The Labute approximate surface area is 60.2 Å². The molecule has 1 aliphatic rings. The molecular formula is C8H10O2. The van der Waals surface area contributed by atoms with E-state index in [2.05, 4.69) is 0 Å². The summed E-state index contributed by atoms with van der Waals surface area (Å²) in [6, 6.07) is 0. The van der Waals surface area contributed by atoms with E-state index in [0.717, 1.165) is 0 Å². The average Bonchev–Trinajstić information content (AvgIpc) is 2.69. The fourth-order valence-electron chi connectivity index (χ4n) is 0.581. The molecule has 0 amide bonds. The fourth-order valence-corrected chi connectivity index (χ4v) is 0.581. The highest BCUT2D eigenvalue weighted by Crippen LogP contribution is 2.09. The van der Waals surface area contributed by atoms with Crippen LogP contribution in [0.15, 0.2) is 24.3 Å². The number of hydrogen-bond acceptors (Lipinski definition) is 2. The summed E-state index contributed by atoms with van der Waals surface area (Å²) in [6.45, 7) is 2.50. The van der Waals surface area contributed by atoms with Crippen LogP contribution in [0.1, 0.15) is 6.92 Å². The molecule has 2 heteroatoms. The second kappa shape index (κ2) is 3.32. The molecule has 1 rings (SSSR count). The van der Waals surface area contributed by atoms with Gasteiger partial charge >= 0.3 is 0 Å². The third kappa shape index (κ3) is 2.15. The van der Waals surface area contributed by atoms with E-state index in [0.29, 0.717) is 6.61 Å². The Balaban J connectivity index is 2.28. The van der Waals surface area contributed by atoms with Gasteiger partial charge in [0, 0.05) is 0 Å². The van der Waals surface area contributed by atoms with Crippen LogP contribution in [0.5, 0.6) is 0 Å². The van der Waals surface area contributed by atoms with Crippen molar-refractivity contribution < 1.29 is 9.53 Å². The number of epoxide rings is 1. The van der Waals surface area contributed by atoms with Crippen molar-refractivity contribution in [1.29, 1.82) is 0 Å². The van der Waals surface area contributed by atoms with Gasteiger partial charge in [-0.05, 0) is 13.0 Å². The number of rotatable bonds is 3. The van der Waals surface area contributed by atoms with Crippen molar-refractivity contribution in [1.82, 2.24) is 0 Å². The molecular weight excluding hydrogens is 128 g/mol. The molecule has 1 unspecified atom stereocenters. The number of ketones is 1. The van der Waals surface area contributed by atoms with Crippen molar-refractivity contribution in [2.24, 2.45) is 0 Å². The van der Waals surface area contributed by atoms with Gasteiger partial charge in [-0.15, -0.1) is 0 Å². The number of carbonyl (C=O) groups is 1. The number of ether oxygens (including phenoxy) is 1. The predicted molar refractivity (Wildman–Crippen MR) is 38.7 cm³/mol. The minimum Gasteiger partial charge on any atom is -0.364 e. The zero-order valence-corrected chi connectivity index (χ0v) is 5.91. The summed E-state index contributed by atoms with van der Waals surface area (Å²) in [6.07, 6.45) is 6.82. The first-order valence-electron chi connectivity index (χ1n) is 3.29. The van der Waals surface area contributed by atoms with Gasteiger partial charge < -0.3 is 4.74 Å². The van der Waals surface area contributed by atoms with Gasteiger partial charge in [-0.1, -0.05) is 18.2 Å². The molecule has 0 spiro atoms. The maximum atomic E-state index is 10.8. The fraction of sp³-hybridized carbons (Fsp3) is 0.375. The highest BCUT2D eigenvalue weighted by Gasteiger charge is 2.28. The lowest BCUT2D eigenvalue weighted by molar-refractivity contribution is -0.115. The lowest BCUT2D eigenvalue weighted by Gasteiger charge is -1.80. The SMILES string of the molecule is C/C=C/C=C/C(=O)C1CO1. The number of allylic oxidation sites excluding steroid dienone is 3. The third-order valence-corrected chi connectivity index (χ3v) is 1.21. The monoisotopic (exact) mass is 138 g/mol. The molecule has 0 bridgehead atoms. The molecule has 1 atom stereocenters. The number of hydrogen-bond donors (Lipinski definition) is 0. The molecule has 0 N–H and O–H groups in total. The molecule has 1 heterocycles. The van der Waals surface area contributed by atoms with Crippen LogP contribution in [0.25, 0.3) is 0 Å². The van der Waals surface area contributed by atoms with Crippen LogP contribution in [0, 0.1) is 0 Å². The van der Waals surface area contributed by atoms with Crippen molar-refractivity contribution in [3.05, 3.63) is 24.3 Å². The second-order valence-electron chi connectivity index (χ2n) is 2.11. The molecule has 10 heavy (non-hydrogen) atoms. The Morgan fingerprint density at radius 3 is 2.80 bits per heavy atom. The molecule has 1 fully saturated rings. The first-order chi connectivity index (χ1) is 4.84. The van der Waals surface area contributed by atoms with E-state index in [1.54, 1.807) is 6.08 Å². The smallest absolute Gasteiger partial charge is 0.186 e. The largest absolute Gasteiger partial charge is 0.364 e. The van der Waals surface area contributed by atoms with E-state index in [9.17, 15) is 4.79 Å². The zero-order valence-electron chi connectivity index (χ0n) is 5.91. The molecule has 0 aliphatic carbocycles. The summed E-state index contributed by atoms with van der Waals surface area (Å²) < 4.78 is 4.78. The quantitative estimate of drug-likeness (QED) is 0.332. The first-order valence-corrected chi connectivity index (χ1v) is 3.29. The Bertz CT molecular complexity index is 176. The van der Waals surface area contributed by atoms with Crippen molar-refractivity contribution in [3.63, 3.8) is 0 Å². The van der Waals surface area contributed by atoms with E-state index in [1.165, 1.54) is 6.08 Å². The lowest BCUT2D eigenvalue weighted by atomic mass is 10.3. The third-order valence-electron chi connectivity index (χ3n) is 1.21. The molecule has 1 aliphatic heterocycles. The van der Waals surface area contributed by atoms with Crippen LogP contribution >= 0.6 is 0 Å². The maximum absolute atomic E-state index is 10.8. The lowest BCUT2D eigenvalue weighted by Crippen LogP contribution is -2.00. The van der Waals surface area contributed by atoms with Crippen LogP contribution in [0.2, 0.25) is 0 Å². The summed E-state index contributed by atoms with van der Waals surface area (Å²) in [5.41, 5.74) is 0. The molecule has 54 valence electrons. The molecule has 0 aromatic heterocycles. The summed E-state index contributed by atoms with van der Waals surface area (Å²) in [7, 11) is 0. The average molecular weight is 138 g/mol. The van der Waals surface area contributed by atoms with Gasteiger partial charge in [-0.2, -0.15) is 0 Å². The molecule has 0 saturated carbocycles. The topological polar surface area (TPSA) is 29.6 Å². The highest BCUT2D eigenvalue weighted by molar-refractivity contribution is 5.95. The molecule has 0 aromatic carbocycles. The molecule has 2 nitrogen and oxygen atoms in total. The van der Waals surface area contributed by atoms with Gasteiger partial charge in [0.2, 0.25) is 0 Å². The normalized spacial score (nSPS) is 24.3. The van der Waals surface area contributed by atoms with Gasteiger partial charge in [0.15, 0.2) is 5.78 Å². The summed E-state index contributed by atoms with van der Waals surface area (Å²) in [5, 5.41) is 0. The Morgan fingerprint density at radius 1 is 1.60 bits per heavy atom. The first kappa shape index (κ1) is 7.22. The van der Waals surface area contributed by atoms with Gasteiger partial charge in [0.1, 0.15) is 6.10 Å². The minimum absolute atomic E-state index is 0.0677. The maximum Gasteiger partial charge on any atom is 0.186 e.